The molecule has 0 saturated heterocycles. The number of aliphatic hydroxyl groups is 1. The van der Waals surface area contributed by atoms with Gasteiger partial charge in [-0.05, 0) is 19.3 Å². The number of aromatic amines is 1. The predicted octanol–water partition coefficient (Wildman–Crippen LogP) is -2.28. The van der Waals surface area contributed by atoms with Crippen molar-refractivity contribution in [3.05, 3.63) is 18.2 Å². The summed E-state index contributed by atoms with van der Waals surface area (Å²) in [4.78, 5) is 66.6. The molecule has 14 nitrogen and oxygen atoms in total. The number of H-pyrrole nitrogens is 1. The van der Waals surface area contributed by atoms with Crippen LogP contribution in [-0.4, -0.2) is 85.2 Å². The number of carboxylic acids is 2. The molecule has 1 rings (SSSR count). The Kier molecular flexibility index (Phi) is 11.1. The Morgan fingerprint density at radius 2 is 1.59 bits per heavy atom. The molecule has 0 aromatic carbocycles. The summed E-state index contributed by atoms with van der Waals surface area (Å²) in [6.07, 6.45) is 0.795. The van der Waals surface area contributed by atoms with E-state index >= 15 is 0 Å². The number of rotatable bonds is 14. The quantitative estimate of drug-likeness (QED) is 0.141. The van der Waals surface area contributed by atoms with Crippen molar-refractivity contribution in [3.8, 4) is 0 Å². The number of aromatic nitrogens is 2. The van der Waals surface area contributed by atoms with Gasteiger partial charge in [-0.2, -0.15) is 0 Å². The van der Waals surface area contributed by atoms with Crippen molar-refractivity contribution in [1.29, 1.82) is 0 Å². The first-order valence-electron chi connectivity index (χ1n) is 10.6. The number of nitrogens with one attached hydrogen (secondary N) is 4. The molecule has 1 heterocycles. The number of carbonyl (C=O) groups excluding carboxylic acids is 3. The van der Waals surface area contributed by atoms with E-state index in [-0.39, 0.29) is 19.3 Å². The molecule has 0 fully saturated rings. The van der Waals surface area contributed by atoms with Gasteiger partial charge in [0.15, 0.2) is 0 Å². The zero-order valence-electron chi connectivity index (χ0n) is 19.1. The van der Waals surface area contributed by atoms with Crippen LogP contribution in [0.5, 0.6) is 0 Å². The maximum absolute atomic E-state index is 12.8. The number of aliphatic hydroxyl groups excluding tert-OH is 1. The summed E-state index contributed by atoms with van der Waals surface area (Å²) in [5.41, 5.74) is 6.12. The number of imidazole rings is 1. The van der Waals surface area contributed by atoms with Gasteiger partial charge < -0.3 is 42.0 Å². The molecular weight excluding hydrogens is 452 g/mol. The molecule has 5 unspecified atom stereocenters. The highest BCUT2D eigenvalue weighted by Crippen LogP contribution is 2.07. The molecule has 34 heavy (non-hydrogen) atoms. The van der Waals surface area contributed by atoms with Crippen molar-refractivity contribution < 1.29 is 39.3 Å². The normalized spacial score (nSPS) is 15.5. The summed E-state index contributed by atoms with van der Waals surface area (Å²) in [7, 11) is 0. The monoisotopic (exact) mass is 484 g/mol. The van der Waals surface area contributed by atoms with Gasteiger partial charge in [-0.1, -0.05) is 13.8 Å². The van der Waals surface area contributed by atoms with Gasteiger partial charge in [0.25, 0.3) is 0 Å². The Balaban J connectivity index is 2.88. The number of carboxylic acid groups (broad SMARTS) is 2. The topological polar surface area (TPSA) is 237 Å². The van der Waals surface area contributed by atoms with E-state index in [1.807, 2.05) is 0 Å². The Labute approximate surface area is 195 Å². The maximum Gasteiger partial charge on any atom is 0.326 e. The summed E-state index contributed by atoms with van der Waals surface area (Å²) in [5, 5.41) is 35.2. The van der Waals surface area contributed by atoms with Crippen LogP contribution in [0.1, 0.15) is 39.3 Å². The number of aliphatic carboxylic acids is 2. The molecule has 14 heteroatoms. The lowest BCUT2D eigenvalue weighted by atomic mass is 10.0. The first-order chi connectivity index (χ1) is 15.8. The molecule has 0 aliphatic rings. The van der Waals surface area contributed by atoms with Gasteiger partial charge >= 0.3 is 11.9 Å². The van der Waals surface area contributed by atoms with Crippen molar-refractivity contribution in [2.45, 2.75) is 70.3 Å². The van der Waals surface area contributed by atoms with Crippen molar-refractivity contribution in [2.75, 3.05) is 0 Å². The largest absolute Gasteiger partial charge is 0.481 e. The van der Waals surface area contributed by atoms with Crippen LogP contribution in [0.25, 0.3) is 0 Å². The van der Waals surface area contributed by atoms with Gasteiger partial charge in [0.05, 0.1) is 18.5 Å². The van der Waals surface area contributed by atoms with Crippen molar-refractivity contribution in [2.24, 2.45) is 11.7 Å². The standard InChI is InChI=1S/C20H32N6O8/c1-9(2)15(18(31)24-13(20(33)34)6-11-7-22-8-23-11)25-19(32)16(10(3)27)26-17(30)12(21)4-5-14(28)29/h7-10,12-13,15-16,27H,4-6,21H2,1-3H3,(H,22,23)(H,24,31)(H,25,32)(H,26,30)(H,28,29)(H,33,34). The highest BCUT2D eigenvalue weighted by atomic mass is 16.4. The number of nitrogens with zero attached hydrogens (tertiary/aromatic N) is 1. The Hall–Kier alpha value is -3.52. The Morgan fingerprint density at radius 3 is 2.06 bits per heavy atom. The molecule has 3 amide bonds. The Morgan fingerprint density at radius 1 is 1.00 bits per heavy atom. The van der Waals surface area contributed by atoms with Crippen LogP contribution in [0, 0.1) is 5.92 Å². The van der Waals surface area contributed by atoms with Crippen molar-refractivity contribution >= 4 is 29.7 Å². The van der Waals surface area contributed by atoms with E-state index in [9.17, 15) is 34.2 Å². The smallest absolute Gasteiger partial charge is 0.326 e. The van der Waals surface area contributed by atoms with Crippen LogP contribution >= 0.6 is 0 Å². The summed E-state index contributed by atoms with van der Waals surface area (Å²) >= 11 is 0. The zero-order chi connectivity index (χ0) is 26.0. The van der Waals surface area contributed by atoms with E-state index in [0.717, 1.165) is 0 Å². The van der Waals surface area contributed by atoms with Gasteiger partial charge in [0, 0.05) is 24.7 Å². The van der Waals surface area contributed by atoms with Gasteiger partial charge in [-0.25, -0.2) is 9.78 Å². The predicted molar refractivity (Wildman–Crippen MR) is 117 cm³/mol. The Bertz CT molecular complexity index is 857. The number of hydrogen-bond donors (Lipinski definition) is 8. The lowest BCUT2D eigenvalue weighted by Gasteiger charge is -2.28. The minimum atomic E-state index is -1.49. The van der Waals surface area contributed by atoms with E-state index in [2.05, 4.69) is 25.9 Å². The second-order valence-corrected chi connectivity index (χ2v) is 8.18. The van der Waals surface area contributed by atoms with E-state index in [1.165, 1.54) is 19.4 Å². The fraction of sp³-hybridized carbons (Fsp3) is 0.600. The van der Waals surface area contributed by atoms with Crippen LogP contribution in [0.4, 0.5) is 0 Å². The number of hydrogen-bond acceptors (Lipinski definition) is 8. The van der Waals surface area contributed by atoms with Crippen molar-refractivity contribution in [1.82, 2.24) is 25.9 Å². The van der Waals surface area contributed by atoms with Gasteiger partial charge in [0.1, 0.15) is 18.1 Å². The van der Waals surface area contributed by atoms with E-state index in [0.29, 0.717) is 5.69 Å². The number of nitrogens with two attached hydrogens (primary N) is 1. The van der Waals surface area contributed by atoms with Gasteiger partial charge in [0.2, 0.25) is 17.7 Å². The average molecular weight is 485 g/mol. The molecule has 0 aliphatic carbocycles. The average Bonchev–Trinajstić information content (AvgIpc) is 3.25. The number of amides is 3. The third-order valence-electron chi connectivity index (χ3n) is 4.91. The molecule has 1 aromatic rings. The first kappa shape index (κ1) is 28.5. The van der Waals surface area contributed by atoms with E-state index in [1.54, 1.807) is 13.8 Å². The molecule has 0 radical (unpaired) electrons. The maximum atomic E-state index is 12.8. The van der Waals surface area contributed by atoms with Crippen molar-refractivity contribution in [3.63, 3.8) is 0 Å². The number of carbonyl (C=O) groups is 5. The summed E-state index contributed by atoms with van der Waals surface area (Å²) in [6.45, 7) is 4.47. The molecule has 190 valence electrons. The molecule has 0 saturated carbocycles. The second kappa shape index (κ2) is 13.3. The third-order valence-corrected chi connectivity index (χ3v) is 4.91. The van der Waals surface area contributed by atoms with Crippen LogP contribution in [0.15, 0.2) is 12.5 Å². The fourth-order valence-corrected chi connectivity index (χ4v) is 2.93. The second-order valence-electron chi connectivity index (χ2n) is 8.18. The lowest BCUT2D eigenvalue weighted by Crippen LogP contribution is -2.60. The molecule has 1 aromatic heterocycles. The summed E-state index contributed by atoms with van der Waals surface area (Å²) < 4.78 is 0. The molecule has 0 aliphatic heterocycles. The third kappa shape index (κ3) is 9.15. The summed E-state index contributed by atoms with van der Waals surface area (Å²) in [5.74, 6) is -5.44. The fourth-order valence-electron chi connectivity index (χ4n) is 2.93. The lowest BCUT2D eigenvalue weighted by molar-refractivity contribution is -0.142. The van der Waals surface area contributed by atoms with Crippen LogP contribution in [0.2, 0.25) is 0 Å². The minimum Gasteiger partial charge on any atom is -0.481 e. The van der Waals surface area contributed by atoms with Crippen LogP contribution in [-0.2, 0) is 30.4 Å². The highest BCUT2D eigenvalue weighted by molar-refractivity contribution is 5.94. The van der Waals surface area contributed by atoms with Gasteiger partial charge in [-0.15, -0.1) is 0 Å². The molecule has 0 spiro atoms. The molecule has 0 bridgehead atoms. The van der Waals surface area contributed by atoms with Crippen LogP contribution < -0.4 is 21.7 Å². The van der Waals surface area contributed by atoms with Crippen LogP contribution in [0.3, 0.4) is 0 Å². The molecular formula is C20H32N6O8. The first-order valence-corrected chi connectivity index (χ1v) is 10.6. The molecule has 5 atom stereocenters. The van der Waals surface area contributed by atoms with E-state index in [4.69, 9.17) is 10.8 Å². The minimum absolute atomic E-state index is 0.0690. The van der Waals surface area contributed by atoms with Gasteiger partial charge in [-0.3, -0.25) is 19.2 Å². The highest BCUT2D eigenvalue weighted by Gasteiger charge is 2.33. The molecule has 9 N–H and O–H groups in total. The summed E-state index contributed by atoms with van der Waals surface area (Å²) in [6, 6.07) is -5.20. The zero-order valence-corrected chi connectivity index (χ0v) is 19.1. The SMILES string of the molecule is CC(C)C(NC(=O)C(NC(=O)C(N)CCC(=O)O)C(C)O)C(=O)NC(Cc1cnc[nH]1)C(=O)O. The van der Waals surface area contributed by atoms with E-state index < -0.39 is 65.8 Å².